The number of carbonyl (C=O) groups excluding carboxylic acids is 2. The van der Waals surface area contributed by atoms with Crippen LogP contribution in [0.5, 0.6) is 11.5 Å². The van der Waals surface area contributed by atoms with Crippen LogP contribution in [0.1, 0.15) is 35.4 Å². The second kappa shape index (κ2) is 11.7. The van der Waals surface area contributed by atoms with Gasteiger partial charge in [-0.2, -0.15) is 0 Å². The average Bonchev–Trinajstić information content (AvgIpc) is 3.24. The first-order chi connectivity index (χ1) is 18.3. The zero-order valence-corrected chi connectivity index (χ0v) is 21.3. The number of hydrogen-bond acceptors (Lipinski definition) is 6. The smallest absolute Gasteiger partial charge is 0.410 e. The number of fused-ring (bicyclic) bond motifs is 3. The molecule has 3 aromatic carbocycles. The van der Waals surface area contributed by atoms with Crippen molar-refractivity contribution in [3.8, 4) is 22.6 Å². The number of benzene rings is 3. The highest BCUT2D eigenvalue weighted by atomic mass is 16.6. The molecule has 0 fully saturated rings. The molecule has 38 heavy (non-hydrogen) atoms. The van der Waals surface area contributed by atoms with Crippen molar-refractivity contribution in [1.29, 1.82) is 0 Å². The van der Waals surface area contributed by atoms with Gasteiger partial charge in [0.1, 0.15) is 24.1 Å². The molecule has 1 atom stereocenters. The number of carbonyl (C=O) groups is 3. The van der Waals surface area contributed by atoms with E-state index in [1.807, 2.05) is 48.5 Å². The van der Waals surface area contributed by atoms with Gasteiger partial charge in [-0.3, -0.25) is 14.5 Å². The lowest BCUT2D eigenvalue weighted by Gasteiger charge is -2.29. The molecule has 198 valence electrons. The SMILES string of the molecule is COc1cc(CN(C(=O)OCC2c3ccccc3-c3ccccc32)[C@@H](CCC(=O)O)C(N)=O)cc(OC)c1. The molecule has 3 N–H and O–H groups in total. The van der Waals surface area contributed by atoms with E-state index < -0.39 is 24.0 Å². The third-order valence-corrected chi connectivity index (χ3v) is 6.67. The highest BCUT2D eigenvalue weighted by molar-refractivity contribution is 5.85. The lowest BCUT2D eigenvalue weighted by atomic mass is 9.98. The van der Waals surface area contributed by atoms with Gasteiger partial charge >= 0.3 is 12.1 Å². The Balaban J connectivity index is 1.62. The number of hydrogen-bond donors (Lipinski definition) is 2. The molecule has 0 radical (unpaired) electrons. The summed E-state index contributed by atoms with van der Waals surface area (Å²) in [4.78, 5) is 38.4. The maximum Gasteiger partial charge on any atom is 0.410 e. The Bertz CT molecular complexity index is 1270. The largest absolute Gasteiger partial charge is 0.497 e. The van der Waals surface area contributed by atoms with Crippen molar-refractivity contribution in [2.75, 3.05) is 20.8 Å². The minimum atomic E-state index is -1.20. The van der Waals surface area contributed by atoms with Crippen molar-refractivity contribution in [3.63, 3.8) is 0 Å². The van der Waals surface area contributed by atoms with Gasteiger partial charge in [-0.05, 0) is 46.4 Å². The molecule has 0 unspecified atom stereocenters. The molecule has 2 amide bonds. The number of methoxy groups -OCH3 is 2. The maximum absolute atomic E-state index is 13.5. The van der Waals surface area contributed by atoms with Crippen LogP contribution in [0.4, 0.5) is 4.79 Å². The Labute approximate surface area is 220 Å². The Morgan fingerprint density at radius 1 is 0.921 bits per heavy atom. The topological polar surface area (TPSA) is 128 Å². The standard InChI is InChI=1S/C29H30N2O7/c1-36-19-13-18(14-20(15-19)37-2)16-31(26(28(30)34)11-12-27(32)33)29(35)38-17-25-23-9-5-3-7-21(23)22-8-4-6-10-24(22)25/h3-10,13-15,25-26H,11-12,16-17H2,1-2H3,(H2,30,34)(H,32,33)/t26-/m0/s1. The van der Waals surface area contributed by atoms with E-state index >= 15 is 0 Å². The van der Waals surface area contributed by atoms with E-state index in [0.29, 0.717) is 17.1 Å². The molecule has 0 spiro atoms. The maximum atomic E-state index is 13.5. The molecule has 9 heteroatoms. The Kier molecular flexibility index (Phi) is 8.15. The molecular weight excluding hydrogens is 488 g/mol. The molecule has 0 saturated carbocycles. The Hall–Kier alpha value is -4.53. The zero-order chi connectivity index (χ0) is 27.2. The van der Waals surface area contributed by atoms with E-state index in [1.54, 1.807) is 18.2 Å². The minimum absolute atomic E-state index is 0.0369. The summed E-state index contributed by atoms with van der Waals surface area (Å²) in [6.45, 7) is -0.0351. The van der Waals surface area contributed by atoms with Gasteiger partial charge in [-0.25, -0.2) is 4.79 Å². The summed E-state index contributed by atoms with van der Waals surface area (Å²) in [6, 6.07) is 19.8. The normalized spacial score (nSPS) is 12.7. The van der Waals surface area contributed by atoms with Gasteiger partial charge in [0.15, 0.2) is 0 Å². The Morgan fingerprint density at radius 3 is 1.97 bits per heavy atom. The summed E-state index contributed by atoms with van der Waals surface area (Å²) < 4.78 is 16.4. The van der Waals surface area contributed by atoms with Crippen LogP contribution in [0, 0.1) is 0 Å². The van der Waals surface area contributed by atoms with Crippen LogP contribution in [-0.2, 0) is 20.9 Å². The highest BCUT2D eigenvalue weighted by Crippen LogP contribution is 2.44. The number of ether oxygens (including phenoxy) is 3. The summed E-state index contributed by atoms with van der Waals surface area (Å²) >= 11 is 0. The molecular formula is C29H30N2O7. The summed E-state index contributed by atoms with van der Waals surface area (Å²) in [6.07, 6.45) is -1.28. The number of primary amides is 1. The predicted octanol–water partition coefficient (Wildman–Crippen LogP) is 4.17. The van der Waals surface area contributed by atoms with Crippen LogP contribution in [0.2, 0.25) is 0 Å². The summed E-state index contributed by atoms with van der Waals surface area (Å²) in [5.74, 6) is -1.13. The van der Waals surface area contributed by atoms with Gasteiger partial charge in [-0.1, -0.05) is 48.5 Å². The highest BCUT2D eigenvalue weighted by Gasteiger charge is 2.33. The van der Waals surface area contributed by atoms with E-state index in [9.17, 15) is 19.5 Å². The van der Waals surface area contributed by atoms with E-state index in [1.165, 1.54) is 19.1 Å². The molecule has 0 saturated heterocycles. The van der Waals surface area contributed by atoms with Crippen LogP contribution >= 0.6 is 0 Å². The fourth-order valence-electron chi connectivity index (χ4n) is 4.85. The van der Waals surface area contributed by atoms with Gasteiger partial charge in [-0.15, -0.1) is 0 Å². The molecule has 9 nitrogen and oxygen atoms in total. The zero-order valence-electron chi connectivity index (χ0n) is 21.3. The van der Waals surface area contributed by atoms with Crippen molar-refractivity contribution >= 4 is 18.0 Å². The number of aliphatic carboxylic acids is 1. The second-order valence-corrected chi connectivity index (χ2v) is 9.00. The van der Waals surface area contributed by atoms with Crippen molar-refractivity contribution in [2.24, 2.45) is 5.73 Å². The number of carboxylic acid groups (broad SMARTS) is 1. The van der Waals surface area contributed by atoms with E-state index in [0.717, 1.165) is 22.3 Å². The molecule has 1 aliphatic rings. The van der Waals surface area contributed by atoms with E-state index in [4.69, 9.17) is 19.9 Å². The first-order valence-corrected chi connectivity index (χ1v) is 12.2. The molecule has 1 aliphatic carbocycles. The fourth-order valence-corrected chi connectivity index (χ4v) is 4.85. The van der Waals surface area contributed by atoms with Crippen LogP contribution in [0.15, 0.2) is 66.7 Å². The van der Waals surface area contributed by atoms with Gasteiger partial charge < -0.3 is 25.1 Å². The number of nitrogens with two attached hydrogens (primary N) is 1. The summed E-state index contributed by atoms with van der Waals surface area (Å²) in [7, 11) is 3.00. The van der Waals surface area contributed by atoms with Crippen LogP contribution in [-0.4, -0.2) is 54.8 Å². The first-order valence-electron chi connectivity index (χ1n) is 12.2. The number of rotatable bonds is 11. The monoisotopic (exact) mass is 518 g/mol. The lowest BCUT2D eigenvalue weighted by molar-refractivity contribution is -0.137. The second-order valence-electron chi connectivity index (χ2n) is 9.00. The van der Waals surface area contributed by atoms with Crippen molar-refractivity contribution in [1.82, 2.24) is 4.90 Å². The van der Waals surface area contributed by atoms with Crippen LogP contribution in [0.3, 0.4) is 0 Å². The third-order valence-electron chi connectivity index (χ3n) is 6.67. The number of nitrogens with zero attached hydrogens (tertiary/aromatic N) is 1. The minimum Gasteiger partial charge on any atom is -0.497 e. The van der Waals surface area contributed by atoms with Gasteiger partial charge in [0.25, 0.3) is 0 Å². The van der Waals surface area contributed by atoms with E-state index in [2.05, 4.69) is 0 Å². The van der Waals surface area contributed by atoms with Gasteiger partial charge in [0.05, 0.1) is 20.8 Å². The Morgan fingerprint density at radius 2 is 1.47 bits per heavy atom. The van der Waals surface area contributed by atoms with Crippen molar-refractivity contribution < 1.29 is 33.7 Å². The molecule has 0 heterocycles. The predicted molar refractivity (Wildman–Crippen MR) is 140 cm³/mol. The summed E-state index contributed by atoms with van der Waals surface area (Å²) in [5, 5.41) is 9.20. The van der Waals surface area contributed by atoms with Gasteiger partial charge in [0, 0.05) is 18.4 Å². The average molecular weight is 519 g/mol. The fraction of sp³-hybridized carbons (Fsp3) is 0.276. The molecule has 0 bridgehead atoms. The molecule has 4 rings (SSSR count). The third kappa shape index (κ3) is 5.72. The van der Waals surface area contributed by atoms with Crippen LogP contribution < -0.4 is 15.2 Å². The number of carboxylic acids is 1. The van der Waals surface area contributed by atoms with Gasteiger partial charge in [0.2, 0.25) is 5.91 Å². The quantitative estimate of drug-likeness (QED) is 0.390. The molecule has 0 aliphatic heterocycles. The first kappa shape index (κ1) is 26.5. The molecule has 3 aromatic rings. The van der Waals surface area contributed by atoms with Crippen molar-refractivity contribution in [2.45, 2.75) is 31.3 Å². The summed E-state index contributed by atoms with van der Waals surface area (Å²) in [5.41, 5.74) is 10.5. The number of amides is 2. The molecule has 0 aromatic heterocycles. The van der Waals surface area contributed by atoms with Crippen molar-refractivity contribution in [3.05, 3.63) is 83.4 Å². The van der Waals surface area contributed by atoms with Crippen LogP contribution in [0.25, 0.3) is 11.1 Å². The lowest BCUT2D eigenvalue weighted by Crippen LogP contribution is -2.48. The van der Waals surface area contributed by atoms with E-state index in [-0.39, 0.29) is 31.9 Å².